The molecule has 2 aromatic carbocycles. The van der Waals surface area contributed by atoms with Gasteiger partial charge in [0.2, 0.25) is 0 Å². The molecule has 0 bridgehead atoms. The van der Waals surface area contributed by atoms with E-state index in [1.165, 1.54) is 0 Å². The average molecular weight is 444 g/mol. The van der Waals surface area contributed by atoms with E-state index in [-0.39, 0.29) is 23.2 Å². The van der Waals surface area contributed by atoms with Crippen molar-refractivity contribution in [2.45, 2.75) is 6.42 Å². The van der Waals surface area contributed by atoms with Gasteiger partial charge in [-0.3, -0.25) is 9.59 Å². The van der Waals surface area contributed by atoms with E-state index in [0.717, 1.165) is 11.1 Å². The number of nitrogens with zero attached hydrogens (tertiary/aromatic N) is 6. The van der Waals surface area contributed by atoms with E-state index in [2.05, 4.69) is 30.8 Å². The second-order valence-corrected chi connectivity index (χ2v) is 7.58. The Kier molecular flexibility index (Phi) is 6.53. The molecule has 0 atom stereocenters. The first-order valence-corrected chi connectivity index (χ1v) is 10.5. The molecule has 0 spiro atoms. The van der Waals surface area contributed by atoms with Crippen molar-refractivity contribution in [3.8, 4) is 22.5 Å². The molecule has 2 aromatic heterocycles. The zero-order chi connectivity index (χ0) is 23.2. The lowest BCUT2D eigenvalue weighted by molar-refractivity contribution is 0.0759. The van der Waals surface area contributed by atoms with E-state index in [9.17, 15) is 9.59 Å². The van der Waals surface area contributed by atoms with Crippen LogP contribution in [0.4, 0.5) is 0 Å². The van der Waals surface area contributed by atoms with Crippen LogP contribution in [-0.2, 0) is 0 Å². The number of H-pyrrole nitrogens is 2. The molecule has 2 heterocycles. The molecule has 0 unspecified atom stereocenters. The van der Waals surface area contributed by atoms with Crippen LogP contribution in [0, 0.1) is 0 Å². The summed E-state index contributed by atoms with van der Waals surface area (Å²) in [5, 5.41) is 21.4. The molecule has 0 saturated heterocycles. The first kappa shape index (κ1) is 21.9. The Morgan fingerprint density at radius 2 is 1.06 bits per heavy atom. The van der Waals surface area contributed by atoms with Gasteiger partial charge < -0.3 is 9.80 Å². The summed E-state index contributed by atoms with van der Waals surface area (Å²) in [6.07, 6.45) is 0.585. The quantitative estimate of drug-likeness (QED) is 0.430. The molecule has 0 saturated carbocycles. The zero-order valence-corrected chi connectivity index (χ0v) is 18.4. The summed E-state index contributed by atoms with van der Waals surface area (Å²) in [6.45, 7) is 0.893. The fraction of sp³-hybridized carbons (Fsp3) is 0.217. The lowest BCUT2D eigenvalue weighted by Crippen LogP contribution is -2.33. The van der Waals surface area contributed by atoms with Crippen LogP contribution >= 0.6 is 0 Å². The van der Waals surface area contributed by atoms with E-state index in [0.29, 0.717) is 30.9 Å². The summed E-state index contributed by atoms with van der Waals surface area (Å²) in [4.78, 5) is 29.0. The van der Waals surface area contributed by atoms with Gasteiger partial charge in [-0.05, 0) is 6.42 Å². The summed E-state index contributed by atoms with van der Waals surface area (Å²) < 4.78 is 0. The third kappa shape index (κ3) is 4.79. The number of amides is 2. The van der Waals surface area contributed by atoms with E-state index in [1.807, 2.05) is 60.7 Å². The number of aromatic nitrogens is 6. The third-order valence-corrected chi connectivity index (χ3v) is 5.28. The Morgan fingerprint density at radius 3 is 1.45 bits per heavy atom. The zero-order valence-electron chi connectivity index (χ0n) is 18.4. The molecule has 0 aliphatic heterocycles. The van der Waals surface area contributed by atoms with Crippen LogP contribution in [0.25, 0.3) is 22.5 Å². The molecule has 0 radical (unpaired) electrons. The fourth-order valence-electron chi connectivity index (χ4n) is 3.46. The number of carbonyl (C=O) groups excluding carboxylic acids is 2. The number of benzene rings is 2. The van der Waals surface area contributed by atoms with Crippen LogP contribution < -0.4 is 0 Å². The van der Waals surface area contributed by atoms with Gasteiger partial charge >= 0.3 is 0 Å². The second kappa shape index (κ2) is 9.86. The summed E-state index contributed by atoms with van der Waals surface area (Å²) in [5.41, 5.74) is 3.19. The van der Waals surface area contributed by atoms with Gasteiger partial charge in [0, 0.05) is 38.3 Å². The number of hydrogen-bond acceptors (Lipinski definition) is 6. The maximum Gasteiger partial charge on any atom is 0.276 e. The van der Waals surface area contributed by atoms with Crippen LogP contribution in [0.1, 0.15) is 27.4 Å². The predicted octanol–water partition coefficient (Wildman–Crippen LogP) is 2.49. The largest absolute Gasteiger partial charge is 0.340 e. The summed E-state index contributed by atoms with van der Waals surface area (Å²) in [5.74, 6) is -0.473. The minimum Gasteiger partial charge on any atom is -0.340 e. The van der Waals surface area contributed by atoms with Gasteiger partial charge in [-0.2, -0.15) is 30.8 Å². The number of rotatable bonds is 8. The number of aromatic amines is 2. The second-order valence-electron chi connectivity index (χ2n) is 7.58. The van der Waals surface area contributed by atoms with Crippen molar-refractivity contribution < 1.29 is 9.59 Å². The lowest BCUT2D eigenvalue weighted by Gasteiger charge is -2.20. The third-order valence-electron chi connectivity index (χ3n) is 5.28. The first-order chi connectivity index (χ1) is 16.1. The summed E-state index contributed by atoms with van der Waals surface area (Å²) in [7, 11) is 3.41. The maximum atomic E-state index is 12.9. The molecule has 10 heteroatoms. The van der Waals surface area contributed by atoms with Crippen molar-refractivity contribution in [1.82, 2.24) is 40.6 Å². The molecule has 2 amide bonds. The first-order valence-electron chi connectivity index (χ1n) is 10.5. The Balaban J connectivity index is 1.35. The molecule has 10 nitrogen and oxygen atoms in total. The molecule has 0 aliphatic carbocycles. The van der Waals surface area contributed by atoms with Crippen molar-refractivity contribution in [2.24, 2.45) is 0 Å². The molecular formula is C23H24N8O2. The highest BCUT2D eigenvalue weighted by Gasteiger charge is 2.23. The van der Waals surface area contributed by atoms with E-state index >= 15 is 0 Å². The van der Waals surface area contributed by atoms with E-state index in [4.69, 9.17) is 0 Å². The molecule has 4 rings (SSSR count). The lowest BCUT2D eigenvalue weighted by atomic mass is 10.1. The van der Waals surface area contributed by atoms with Crippen LogP contribution in [0.2, 0.25) is 0 Å². The van der Waals surface area contributed by atoms with Crippen LogP contribution in [0.15, 0.2) is 60.7 Å². The van der Waals surface area contributed by atoms with Gasteiger partial charge in [0.1, 0.15) is 11.4 Å². The van der Waals surface area contributed by atoms with Crippen molar-refractivity contribution in [2.75, 3.05) is 27.2 Å². The topological polar surface area (TPSA) is 124 Å². The van der Waals surface area contributed by atoms with Crippen molar-refractivity contribution in [3.63, 3.8) is 0 Å². The Hall–Kier alpha value is -4.34. The van der Waals surface area contributed by atoms with Gasteiger partial charge in [-0.1, -0.05) is 60.7 Å². The van der Waals surface area contributed by atoms with E-state index in [1.54, 1.807) is 23.9 Å². The van der Waals surface area contributed by atoms with Gasteiger partial charge in [0.15, 0.2) is 11.4 Å². The molecule has 4 aromatic rings. The minimum atomic E-state index is -0.237. The van der Waals surface area contributed by atoms with Crippen LogP contribution in [0.5, 0.6) is 0 Å². The molecule has 168 valence electrons. The fourth-order valence-corrected chi connectivity index (χ4v) is 3.46. The highest BCUT2D eigenvalue weighted by Crippen LogP contribution is 2.21. The molecule has 0 aliphatic rings. The highest BCUT2D eigenvalue weighted by atomic mass is 16.2. The minimum absolute atomic E-state index is 0.237. The number of nitrogens with one attached hydrogen (secondary N) is 2. The highest BCUT2D eigenvalue weighted by molar-refractivity contribution is 5.98. The van der Waals surface area contributed by atoms with Gasteiger partial charge in [0.25, 0.3) is 11.8 Å². The number of carbonyl (C=O) groups is 2. The van der Waals surface area contributed by atoms with Gasteiger partial charge in [-0.25, -0.2) is 0 Å². The Labute approximate surface area is 190 Å². The monoisotopic (exact) mass is 444 g/mol. The smallest absolute Gasteiger partial charge is 0.276 e. The Morgan fingerprint density at radius 1 is 0.667 bits per heavy atom. The molecular weight excluding hydrogens is 420 g/mol. The molecule has 33 heavy (non-hydrogen) atoms. The van der Waals surface area contributed by atoms with Crippen LogP contribution in [0.3, 0.4) is 0 Å². The molecule has 2 N–H and O–H groups in total. The summed E-state index contributed by atoms with van der Waals surface area (Å²) in [6, 6.07) is 18.8. The van der Waals surface area contributed by atoms with Gasteiger partial charge in [0.05, 0.1) is 0 Å². The average Bonchev–Trinajstić information content (AvgIpc) is 3.54. The van der Waals surface area contributed by atoms with Crippen molar-refractivity contribution >= 4 is 11.8 Å². The molecule has 0 fully saturated rings. The standard InChI is InChI=1S/C23H24N8O2/c1-30(22(32)20-18(24-28-26-20)16-10-5-3-6-11-16)14-9-15-31(2)23(33)21-19(25-29-27-21)17-12-7-4-8-13-17/h3-8,10-13H,9,14-15H2,1-2H3,(H,24,26,28)(H,25,27,29). The predicted molar refractivity (Wildman–Crippen MR) is 122 cm³/mol. The number of hydrogen-bond donors (Lipinski definition) is 2. The van der Waals surface area contributed by atoms with E-state index < -0.39 is 0 Å². The van der Waals surface area contributed by atoms with Gasteiger partial charge in [-0.15, -0.1) is 0 Å². The van der Waals surface area contributed by atoms with Crippen molar-refractivity contribution in [1.29, 1.82) is 0 Å². The summed E-state index contributed by atoms with van der Waals surface area (Å²) >= 11 is 0. The Bertz CT molecular complexity index is 1120. The van der Waals surface area contributed by atoms with Crippen molar-refractivity contribution in [3.05, 3.63) is 72.1 Å². The normalized spacial score (nSPS) is 10.7. The van der Waals surface area contributed by atoms with Crippen LogP contribution in [-0.4, -0.2) is 79.6 Å². The maximum absolute atomic E-state index is 12.9. The SMILES string of the molecule is CN(CCCN(C)C(=O)c1n[nH]nc1-c1ccccc1)C(=O)c1n[nH]nc1-c1ccccc1.